The summed E-state index contributed by atoms with van der Waals surface area (Å²) in [6.07, 6.45) is 4.59. The van der Waals surface area contributed by atoms with Gasteiger partial charge in [0.15, 0.2) is 17.9 Å². The van der Waals surface area contributed by atoms with Crippen molar-refractivity contribution < 1.29 is 17.6 Å². The molecule has 0 aliphatic heterocycles. The second kappa shape index (κ2) is 9.79. The highest BCUT2D eigenvalue weighted by molar-refractivity contribution is 7.92. The van der Waals surface area contributed by atoms with Gasteiger partial charge in [-0.05, 0) is 67.9 Å². The normalized spacial score (nSPS) is 11.4. The fourth-order valence-electron chi connectivity index (χ4n) is 3.48. The van der Waals surface area contributed by atoms with Crippen LogP contribution in [0.5, 0.6) is 0 Å². The minimum absolute atomic E-state index is 0.0346. The molecule has 0 unspecified atom stereocenters. The van der Waals surface area contributed by atoms with Gasteiger partial charge in [0.05, 0.1) is 16.3 Å². The van der Waals surface area contributed by atoms with Gasteiger partial charge in [-0.3, -0.25) is 14.5 Å². The van der Waals surface area contributed by atoms with Gasteiger partial charge in [-0.25, -0.2) is 13.4 Å². The lowest BCUT2D eigenvalue weighted by Crippen LogP contribution is -2.16. The smallest absolute Gasteiger partial charge is 0.261 e. The highest BCUT2D eigenvalue weighted by Gasteiger charge is 2.21. The fraction of sp³-hybridized carbons (Fsp3) is 0.160. The molecule has 174 valence electrons. The van der Waals surface area contributed by atoms with Gasteiger partial charge < -0.3 is 4.42 Å². The molecule has 4 aromatic rings. The van der Waals surface area contributed by atoms with E-state index >= 15 is 0 Å². The molecule has 0 saturated heterocycles. The second-order valence-corrected chi connectivity index (χ2v) is 9.82. The summed E-state index contributed by atoms with van der Waals surface area (Å²) in [4.78, 5) is 21.6. The Balaban J connectivity index is 1.62. The van der Waals surface area contributed by atoms with Gasteiger partial charge in [0.1, 0.15) is 0 Å². The molecule has 0 saturated carbocycles. The van der Waals surface area contributed by atoms with Gasteiger partial charge in [0.25, 0.3) is 10.0 Å². The first-order valence-electron chi connectivity index (χ1n) is 10.6. The molecule has 34 heavy (non-hydrogen) atoms. The molecule has 7 nitrogen and oxygen atoms in total. The molecule has 1 N–H and O–H groups in total. The van der Waals surface area contributed by atoms with Crippen LogP contribution in [-0.2, 0) is 16.4 Å². The zero-order valence-electron chi connectivity index (χ0n) is 18.6. The number of halogens is 1. The summed E-state index contributed by atoms with van der Waals surface area (Å²) in [5.41, 5.74) is 2.90. The molecule has 2 heterocycles. The number of pyridine rings is 1. The third kappa shape index (κ3) is 5.03. The van der Waals surface area contributed by atoms with Gasteiger partial charge in [0.2, 0.25) is 0 Å². The number of rotatable bonds is 8. The molecule has 0 fully saturated rings. The van der Waals surface area contributed by atoms with Crippen LogP contribution in [0.3, 0.4) is 0 Å². The van der Waals surface area contributed by atoms with Gasteiger partial charge >= 0.3 is 0 Å². The maximum absolute atomic E-state index is 13.2. The summed E-state index contributed by atoms with van der Waals surface area (Å²) in [5.74, 6) is 0.188. The van der Waals surface area contributed by atoms with E-state index in [1.165, 1.54) is 42.9 Å². The number of hydrogen-bond acceptors (Lipinski definition) is 6. The summed E-state index contributed by atoms with van der Waals surface area (Å²) in [7, 11) is -3.98. The van der Waals surface area contributed by atoms with Gasteiger partial charge in [-0.1, -0.05) is 24.9 Å². The van der Waals surface area contributed by atoms with Crippen molar-refractivity contribution in [3.63, 3.8) is 0 Å². The Hall–Kier alpha value is -3.49. The van der Waals surface area contributed by atoms with Crippen molar-refractivity contribution >= 4 is 33.1 Å². The third-order valence-electron chi connectivity index (χ3n) is 5.24. The van der Waals surface area contributed by atoms with Crippen molar-refractivity contribution in [1.82, 2.24) is 9.97 Å². The summed E-state index contributed by atoms with van der Waals surface area (Å²) in [6, 6.07) is 14.1. The predicted octanol–water partition coefficient (Wildman–Crippen LogP) is 5.68. The van der Waals surface area contributed by atoms with E-state index in [4.69, 9.17) is 16.0 Å². The lowest BCUT2D eigenvalue weighted by atomic mass is 10.0. The summed E-state index contributed by atoms with van der Waals surface area (Å²) < 4.78 is 34.0. The number of nitrogens with one attached hydrogen (secondary N) is 1. The Morgan fingerprint density at radius 3 is 2.44 bits per heavy atom. The Labute approximate surface area is 202 Å². The number of carbonyl (C=O) groups excluding carboxylic acids is 1. The van der Waals surface area contributed by atoms with E-state index in [1.807, 2.05) is 6.92 Å². The van der Waals surface area contributed by atoms with E-state index in [0.29, 0.717) is 27.6 Å². The average molecular weight is 496 g/mol. The predicted molar refractivity (Wildman–Crippen MR) is 131 cm³/mol. The third-order valence-corrected chi connectivity index (χ3v) is 6.85. The minimum atomic E-state index is -3.98. The monoisotopic (exact) mass is 495 g/mol. The van der Waals surface area contributed by atoms with Crippen molar-refractivity contribution in [3.8, 4) is 11.3 Å². The number of oxazole rings is 1. The van der Waals surface area contributed by atoms with Crippen molar-refractivity contribution in [1.29, 1.82) is 0 Å². The van der Waals surface area contributed by atoms with Crippen LogP contribution in [-0.4, -0.2) is 24.2 Å². The number of aryl methyl sites for hydroxylation is 2. The molecule has 9 heteroatoms. The zero-order valence-corrected chi connectivity index (χ0v) is 20.2. The largest absolute Gasteiger partial charge is 0.443 e. The summed E-state index contributed by atoms with van der Waals surface area (Å²) in [6.45, 7) is 3.85. The molecule has 2 aromatic carbocycles. The van der Waals surface area contributed by atoms with Gasteiger partial charge in [-0.2, -0.15) is 0 Å². The Morgan fingerprint density at radius 1 is 1.06 bits per heavy atom. The van der Waals surface area contributed by atoms with E-state index in [0.717, 1.165) is 18.5 Å². The Morgan fingerprint density at radius 2 is 1.82 bits per heavy atom. The standard InChI is InChI=1S/C25H22ClN3O4S/c1-3-4-20-9-5-18(14-27-20)24(30)22-13-19(26)8-12-23(22)29-34(31,32)21-10-6-17(7-11-21)25-16(2)28-15-33-25/h5-15,29H,3-4H2,1-2H3. The van der Waals surface area contributed by atoms with Crippen molar-refractivity contribution in [2.75, 3.05) is 4.72 Å². The Bertz CT molecular complexity index is 1430. The minimum Gasteiger partial charge on any atom is -0.443 e. The lowest BCUT2D eigenvalue weighted by molar-refractivity contribution is 0.103. The average Bonchev–Trinajstić information content (AvgIpc) is 3.26. The summed E-state index contributed by atoms with van der Waals surface area (Å²) in [5, 5.41) is 0.314. The lowest BCUT2D eigenvalue weighted by Gasteiger charge is -2.13. The first kappa shape index (κ1) is 23.7. The van der Waals surface area contributed by atoms with Crippen molar-refractivity contribution in [2.24, 2.45) is 0 Å². The number of benzene rings is 2. The second-order valence-electron chi connectivity index (χ2n) is 7.70. The molecular weight excluding hydrogens is 474 g/mol. The first-order valence-corrected chi connectivity index (χ1v) is 12.5. The molecule has 0 atom stereocenters. The van der Waals surface area contributed by atoms with E-state index in [9.17, 15) is 13.2 Å². The summed E-state index contributed by atoms with van der Waals surface area (Å²) >= 11 is 6.12. The highest BCUT2D eigenvalue weighted by atomic mass is 35.5. The molecule has 0 radical (unpaired) electrons. The Kier molecular flexibility index (Phi) is 6.81. The molecule has 0 spiro atoms. The number of aromatic nitrogens is 2. The number of carbonyl (C=O) groups is 1. The van der Waals surface area contributed by atoms with Crippen LogP contribution >= 0.6 is 11.6 Å². The fourth-order valence-corrected chi connectivity index (χ4v) is 4.73. The molecule has 0 aliphatic carbocycles. The molecule has 2 aromatic heterocycles. The van der Waals surface area contributed by atoms with Gasteiger partial charge in [-0.15, -0.1) is 0 Å². The number of anilines is 1. The zero-order chi connectivity index (χ0) is 24.3. The maximum Gasteiger partial charge on any atom is 0.261 e. The van der Waals surface area contributed by atoms with E-state index in [1.54, 1.807) is 31.2 Å². The number of sulfonamides is 1. The highest BCUT2D eigenvalue weighted by Crippen LogP contribution is 2.28. The number of hydrogen-bond donors (Lipinski definition) is 1. The van der Waals surface area contributed by atoms with Crippen molar-refractivity contribution in [2.45, 2.75) is 31.6 Å². The van der Waals surface area contributed by atoms with Crippen LogP contribution in [0.1, 0.15) is 40.7 Å². The molecule has 0 aliphatic rings. The quantitative estimate of drug-likeness (QED) is 0.315. The van der Waals surface area contributed by atoms with Crippen LogP contribution in [0.25, 0.3) is 11.3 Å². The number of nitrogens with zero attached hydrogens (tertiary/aromatic N) is 2. The maximum atomic E-state index is 13.2. The SMILES string of the molecule is CCCc1ccc(C(=O)c2cc(Cl)ccc2NS(=O)(=O)c2ccc(-c3ocnc3C)cc2)cn1. The topological polar surface area (TPSA) is 102 Å². The van der Waals surface area contributed by atoms with Crippen LogP contribution in [0.4, 0.5) is 5.69 Å². The van der Waals surface area contributed by atoms with Crippen LogP contribution in [0.2, 0.25) is 5.02 Å². The van der Waals surface area contributed by atoms with Crippen LogP contribution in [0.15, 0.2) is 76.5 Å². The first-order chi connectivity index (χ1) is 16.3. The van der Waals surface area contributed by atoms with E-state index in [-0.39, 0.29) is 21.9 Å². The van der Waals surface area contributed by atoms with Crippen LogP contribution in [0, 0.1) is 6.92 Å². The van der Waals surface area contributed by atoms with E-state index in [2.05, 4.69) is 14.7 Å². The molecular formula is C25H22ClN3O4S. The van der Waals surface area contributed by atoms with Crippen molar-refractivity contribution in [3.05, 3.63) is 94.7 Å². The van der Waals surface area contributed by atoms with Crippen LogP contribution < -0.4 is 4.72 Å². The molecule has 0 amide bonds. The number of ketones is 1. The van der Waals surface area contributed by atoms with Gasteiger partial charge in [0, 0.05) is 33.6 Å². The molecule has 4 rings (SSSR count). The molecule has 0 bridgehead atoms. The van der Waals surface area contributed by atoms with E-state index < -0.39 is 10.0 Å².